The summed E-state index contributed by atoms with van der Waals surface area (Å²) in [7, 11) is 1.10. The first-order valence-electron chi connectivity index (χ1n) is 11.3. The predicted molar refractivity (Wildman–Crippen MR) is 113 cm³/mol. The summed E-state index contributed by atoms with van der Waals surface area (Å²) in [4.78, 5) is 32.8. The molecule has 180 valence electrons. The van der Waals surface area contributed by atoms with Crippen LogP contribution in [0.4, 0.5) is 30.6 Å². The molecule has 0 radical (unpaired) electrons. The van der Waals surface area contributed by atoms with E-state index in [9.17, 15) is 27.9 Å². The third-order valence-corrected chi connectivity index (χ3v) is 5.06. The van der Waals surface area contributed by atoms with Crippen molar-refractivity contribution in [3.63, 3.8) is 0 Å². The van der Waals surface area contributed by atoms with Crippen LogP contribution in [-0.2, 0) is 4.79 Å². The summed E-state index contributed by atoms with van der Waals surface area (Å²) >= 11 is 0. The fourth-order valence-corrected chi connectivity index (χ4v) is 3.22. The molecular weight excluding hydrogens is 459 g/mol. The molecule has 2 amide bonds. The molecule has 0 aliphatic heterocycles. The number of ether oxygens (including phenoxy) is 1. The SMILES string of the molecule is [2H]C([2H])([2H])NC(=O)c1cnc(NC(=O)C2CC2)nc1Nc1cnn2ccc([C@H](O)C(F)(F)F)c(OC)c12. The van der Waals surface area contributed by atoms with Crippen LogP contribution in [0, 0.1) is 5.92 Å². The van der Waals surface area contributed by atoms with Crippen LogP contribution in [0.3, 0.4) is 0 Å². The van der Waals surface area contributed by atoms with E-state index in [-0.39, 0.29) is 46.1 Å². The zero-order chi connectivity index (χ0) is 27.1. The Bertz CT molecular complexity index is 1360. The highest BCUT2D eigenvalue weighted by Gasteiger charge is 2.41. The number of hydrogen-bond donors (Lipinski definition) is 4. The van der Waals surface area contributed by atoms with Gasteiger partial charge >= 0.3 is 6.18 Å². The van der Waals surface area contributed by atoms with Gasteiger partial charge in [-0.15, -0.1) is 0 Å². The molecule has 3 aromatic rings. The van der Waals surface area contributed by atoms with Crippen molar-refractivity contribution in [3.8, 4) is 5.75 Å². The van der Waals surface area contributed by atoms with Gasteiger partial charge in [-0.2, -0.15) is 23.3 Å². The Morgan fingerprint density at radius 3 is 2.76 bits per heavy atom. The molecule has 0 aromatic carbocycles. The number of rotatable bonds is 7. The number of alkyl halides is 3. The summed E-state index contributed by atoms with van der Waals surface area (Å²) in [6.45, 7) is -2.84. The number of hydrogen-bond acceptors (Lipinski definition) is 8. The zero-order valence-corrected chi connectivity index (χ0v) is 17.5. The molecule has 14 heteroatoms. The largest absolute Gasteiger partial charge is 0.494 e. The van der Waals surface area contributed by atoms with Gasteiger partial charge in [0.15, 0.2) is 11.9 Å². The van der Waals surface area contributed by atoms with Crippen molar-refractivity contribution in [2.24, 2.45) is 5.92 Å². The molecule has 1 aliphatic rings. The number of nitrogens with one attached hydrogen (secondary N) is 3. The van der Waals surface area contributed by atoms with E-state index in [0.717, 1.165) is 30.1 Å². The second kappa shape index (κ2) is 8.78. The smallest absolute Gasteiger partial charge is 0.418 e. The summed E-state index contributed by atoms with van der Waals surface area (Å²) in [6, 6.07) is 0.992. The first-order valence-corrected chi connectivity index (χ1v) is 9.85. The minimum Gasteiger partial charge on any atom is -0.494 e. The monoisotopic (exact) mass is 482 g/mol. The highest BCUT2D eigenvalue weighted by Crippen LogP contribution is 2.41. The third-order valence-electron chi connectivity index (χ3n) is 5.06. The highest BCUT2D eigenvalue weighted by molar-refractivity contribution is 6.00. The Morgan fingerprint density at radius 2 is 2.12 bits per heavy atom. The minimum atomic E-state index is -4.99. The average Bonchev–Trinajstić information content (AvgIpc) is 3.58. The number of aliphatic hydroxyl groups is 1. The summed E-state index contributed by atoms with van der Waals surface area (Å²) in [5.74, 6) is -2.45. The van der Waals surface area contributed by atoms with E-state index in [2.05, 4.69) is 25.7 Å². The summed E-state index contributed by atoms with van der Waals surface area (Å²) in [6.07, 6.45) is -3.11. The maximum Gasteiger partial charge on any atom is 0.418 e. The number of amides is 2. The number of carbonyl (C=O) groups is 2. The Morgan fingerprint density at radius 1 is 1.35 bits per heavy atom. The molecule has 0 bridgehead atoms. The van der Waals surface area contributed by atoms with Crippen LogP contribution >= 0.6 is 0 Å². The van der Waals surface area contributed by atoms with Crippen LogP contribution < -0.4 is 20.7 Å². The second-order valence-electron chi connectivity index (χ2n) is 7.40. The first kappa shape index (κ1) is 19.5. The van der Waals surface area contributed by atoms with Gasteiger partial charge in [-0.3, -0.25) is 14.9 Å². The normalized spacial score (nSPS) is 16.2. The number of aromatic nitrogens is 4. The van der Waals surface area contributed by atoms with E-state index in [4.69, 9.17) is 8.85 Å². The highest BCUT2D eigenvalue weighted by atomic mass is 19.4. The van der Waals surface area contributed by atoms with Crippen molar-refractivity contribution in [1.29, 1.82) is 0 Å². The molecule has 0 unspecified atom stereocenters. The lowest BCUT2D eigenvalue weighted by Crippen LogP contribution is -2.22. The number of pyridine rings is 1. The van der Waals surface area contributed by atoms with Gasteiger partial charge in [0.25, 0.3) is 5.91 Å². The van der Waals surface area contributed by atoms with Gasteiger partial charge in [0.2, 0.25) is 11.9 Å². The van der Waals surface area contributed by atoms with Crippen LogP contribution in [0.15, 0.2) is 24.7 Å². The van der Waals surface area contributed by atoms with Gasteiger partial charge in [-0.25, -0.2) is 9.50 Å². The van der Waals surface area contributed by atoms with Crippen molar-refractivity contribution in [1.82, 2.24) is 24.9 Å². The van der Waals surface area contributed by atoms with E-state index >= 15 is 0 Å². The van der Waals surface area contributed by atoms with Crippen molar-refractivity contribution in [2.45, 2.75) is 25.1 Å². The Kier molecular flexibility index (Phi) is 5.04. The average molecular weight is 482 g/mol. The molecule has 1 saturated carbocycles. The van der Waals surface area contributed by atoms with E-state index in [0.29, 0.717) is 12.8 Å². The number of halogens is 3. The lowest BCUT2D eigenvalue weighted by atomic mass is 10.1. The number of anilines is 3. The number of methoxy groups -OCH3 is 1. The zero-order valence-electron chi connectivity index (χ0n) is 20.5. The minimum absolute atomic E-state index is 0.00539. The van der Waals surface area contributed by atoms with Crippen molar-refractivity contribution < 1.29 is 36.7 Å². The number of aliphatic hydroxyl groups excluding tert-OH is 1. The molecule has 3 aromatic heterocycles. The molecule has 1 atom stereocenters. The maximum atomic E-state index is 13.2. The number of fused-ring (bicyclic) bond motifs is 1. The molecule has 4 rings (SSSR count). The third kappa shape index (κ3) is 4.44. The van der Waals surface area contributed by atoms with Crippen molar-refractivity contribution in [3.05, 3.63) is 35.8 Å². The Balaban J connectivity index is 1.78. The van der Waals surface area contributed by atoms with Crippen LogP contribution in [0.2, 0.25) is 0 Å². The van der Waals surface area contributed by atoms with Crippen molar-refractivity contribution >= 4 is 34.8 Å². The van der Waals surface area contributed by atoms with Crippen molar-refractivity contribution in [2.75, 3.05) is 24.7 Å². The molecule has 0 spiro atoms. The molecule has 1 aliphatic carbocycles. The standard InChI is InChI=1S/C20H20F3N7O4/c1-24-18(33)11-7-25-19(29-17(32)9-3-4-9)28-16(11)27-12-8-26-30-6-5-10(14(34-2)13(12)30)15(31)20(21,22)23/h5-9,15,31H,3-4H2,1-2H3,(H,24,33)(H2,25,27,28,29,32)/t15-/m0/s1/i1D3. The molecule has 4 N–H and O–H groups in total. The lowest BCUT2D eigenvalue weighted by Gasteiger charge is -2.19. The van der Waals surface area contributed by atoms with Gasteiger partial charge < -0.3 is 20.5 Å². The fourth-order valence-electron chi connectivity index (χ4n) is 3.22. The summed E-state index contributed by atoms with van der Waals surface area (Å²) in [5, 5.41) is 20.9. The molecule has 1 fully saturated rings. The van der Waals surface area contributed by atoms with Crippen LogP contribution in [-0.4, -0.2) is 56.8 Å². The quantitative estimate of drug-likeness (QED) is 0.401. The van der Waals surface area contributed by atoms with Crippen LogP contribution in [0.5, 0.6) is 5.75 Å². The first-order chi connectivity index (χ1) is 17.3. The topological polar surface area (TPSA) is 143 Å². The Hall–Kier alpha value is -3.94. The molecule has 11 nitrogen and oxygen atoms in total. The van der Waals surface area contributed by atoms with Gasteiger partial charge in [0, 0.05) is 35.0 Å². The molecular formula is C20H20F3N7O4. The maximum absolute atomic E-state index is 13.2. The molecule has 3 heterocycles. The van der Waals surface area contributed by atoms with E-state index in [1.807, 2.05) is 0 Å². The fraction of sp³-hybridized carbons (Fsp3) is 0.350. The van der Waals surface area contributed by atoms with Gasteiger partial charge in [-0.1, -0.05) is 0 Å². The van der Waals surface area contributed by atoms with E-state index < -0.39 is 30.7 Å². The summed E-state index contributed by atoms with van der Waals surface area (Å²) < 4.78 is 67.8. The second-order valence-corrected chi connectivity index (χ2v) is 7.40. The number of nitrogens with zero attached hydrogens (tertiary/aromatic N) is 4. The van der Waals surface area contributed by atoms with Gasteiger partial charge in [0.05, 0.1) is 19.0 Å². The summed E-state index contributed by atoms with van der Waals surface area (Å²) in [5.41, 5.74) is -0.987. The lowest BCUT2D eigenvalue weighted by molar-refractivity contribution is -0.207. The number of carbonyl (C=O) groups excluding carboxylic acids is 2. The Labute approximate surface area is 194 Å². The van der Waals surface area contributed by atoms with E-state index in [1.165, 1.54) is 6.20 Å². The molecule has 34 heavy (non-hydrogen) atoms. The van der Waals surface area contributed by atoms with Gasteiger partial charge in [0.1, 0.15) is 16.9 Å². The van der Waals surface area contributed by atoms with Gasteiger partial charge in [-0.05, 0) is 18.9 Å². The van der Waals surface area contributed by atoms with E-state index in [1.54, 1.807) is 5.32 Å². The van der Waals surface area contributed by atoms with Crippen LogP contribution in [0.1, 0.15) is 39.0 Å². The molecule has 0 saturated heterocycles. The predicted octanol–water partition coefficient (Wildman–Crippen LogP) is 2.18. The van der Waals surface area contributed by atoms with Crippen LogP contribution in [0.25, 0.3) is 5.52 Å².